The van der Waals surface area contributed by atoms with E-state index in [0.29, 0.717) is 0 Å². The Hall–Kier alpha value is -0.570. The van der Waals surface area contributed by atoms with Crippen LogP contribution in [0.4, 0.5) is 0 Å². The number of nitrogens with zero attached hydrogens (tertiary/aromatic N) is 1. The van der Waals surface area contributed by atoms with E-state index in [1.807, 2.05) is 0 Å². The lowest BCUT2D eigenvalue weighted by molar-refractivity contribution is 0.176. The summed E-state index contributed by atoms with van der Waals surface area (Å²) in [5.74, 6) is 1.77. The summed E-state index contributed by atoms with van der Waals surface area (Å²) in [5.41, 5.74) is 3.09. The van der Waals surface area contributed by atoms with E-state index in [2.05, 4.69) is 41.4 Å². The van der Waals surface area contributed by atoms with Crippen LogP contribution >= 0.6 is 12.4 Å². The second-order valence-corrected chi connectivity index (χ2v) is 6.55. The Balaban J connectivity index is 0.00000161. The highest BCUT2D eigenvalue weighted by atomic mass is 35.5. The van der Waals surface area contributed by atoms with Crippen LogP contribution < -0.4 is 5.32 Å². The fourth-order valence-corrected chi connectivity index (χ4v) is 3.32. The Kier molecular flexibility index (Phi) is 6.53. The second kappa shape index (κ2) is 8.17. The van der Waals surface area contributed by atoms with Gasteiger partial charge in [-0.1, -0.05) is 31.2 Å². The maximum absolute atomic E-state index is 3.49. The summed E-state index contributed by atoms with van der Waals surface area (Å²) in [7, 11) is 0. The second-order valence-electron chi connectivity index (χ2n) is 6.55. The van der Waals surface area contributed by atoms with Gasteiger partial charge in [-0.05, 0) is 74.8 Å². The molecule has 0 spiro atoms. The van der Waals surface area contributed by atoms with Gasteiger partial charge in [0.25, 0.3) is 0 Å². The van der Waals surface area contributed by atoms with Crippen LogP contribution in [0.25, 0.3) is 0 Å². The van der Waals surface area contributed by atoms with E-state index in [1.165, 1.54) is 50.9 Å². The van der Waals surface area contributed by atoms with Crippen LogP contribution in [0, 0.1) is 5.92 Å². The summed E-state index contributed by atoms with van der Waals surface area (Å²) in [4.78, 5) is 2.63. The van der Waals surface area contributed by atoms with Gasteiger partial charge in [0, 0.05) is 6.54 Å². The number of benzene rings is 1. The van der Waals surface area contributed by atoms with E-state index in [1.54, 1.807) is 5.56 Å². The van der Waals surface area contributed by atoms with Crippen LogP contribution in [0.2, 0.25) is 0 Å². The zero-order valence-electron chi connectivity index (χ0n) is 13.2. The first-order valence-electron chi connectivity index (χ1n) is 8.37. The van der Waals surface area contributed by atoms with E-state index in [4.69, 9.17) is 0 Å². The molecule has 1 heterocycles. The smallest absolute Gasteiger partial charge is 0.0233 e. The van der Waals surface area contributed by atoms with Gasteiger partial charge >= 0.3 is 0 Å². The molecular weight excluding hydrogens is 280 g/mol. The van der Waals surface area contributed by atoms with Crippen molar-refractivity contribution in [3.8, 4) is 0 Å². The highest BCUT2D eigenvalue weighted by molar-refractivity contribution is 5.85. The Morgan fingerprint density at radius 2 is 1.90 bits per heavy atom. The predicted octanol–water partition coefficient (Wildman–Crippen LogP) is 3.81. The van der Waals surface area contributed by atoms with Gasteiger partial charge in [-0.3, -0.25) is 4.90 Å². The average Bonchev–Trinajstić information content (AvgIpc) is 3.32. The first kappa shape index (κ1) is 16.8. The lowest BCUT2D eigenvalue weighted by atomic mass is 9.96. The number of piperidine rings is 1. The third-order valence-electron chi connectivity index (χ3n) is 4.80. The van der Waals surface area contributed by atoms with Gasteiger partial charge in [0.15, 0.2) is 0 Å². The number of nitrogens with one attached hydrogen (secondary N) is 1. The minimum Gasteiger partial charge on any atom is -0.317 e. The molecule has 1 aliphatic heterocycles. The number of hydrogen-bond acceptors (Lipinski definition) is 2. The van der Waals surface area contributed by atoms with Gasteiger partial charge < -0.3 is 5.32 Å². The van der Waals surface area contributed by atoms with Crippen molar-refractivity contribution in [3.05, 3.63) is 35.4 Å². The molecule has 2 nitrogen and oxygen atoms in total. The van der Waals surface area contributed by atoms with Gasteiger partial charge in [0.05, 0.1) is 0 Å². The monoisotopic (exact) mass is 308 g/mol. The molecule has 2 fully saturated rings. The van der Waals surface area contributed by atoms with Crippen molar-refractivity contribution in [2.24, 2.45) is 5.92 Å². The molecule has 1 aromatic carbocycles. The highest BCUT2D eigenvalue weighted by Crippen LogP contribution is 2.40. The van der Waals surface area contributed by atoms with E-state index >= 15 is 0 Å². The van der Waals surface area contributed by atoms with Crippen LogP contribution in [-0.2, 0) is 6.54 Å². The molecule has 0 aromatic heterocycles. The molecule has 3 heteroatoms. The lowest BCUT2D eigenvalue weighted by Gasteiger charge is -2.32. The van der Waals surface area contributed by atoms with Gasteiger partial charge in [0.2, 0.25) is 0 Å². The summed E-state index contributed by atoms with van der Waals surface area (Å²) in [6.45, 7) is 8.19. The van der Waals surface area contributed by atoms with E-state index in [-0.39, 0.29) is 12.4 Å². The molecule has 118 valence electrons. The predicted molar refractivity (Wildman–Crippen MR) is 92.2 cm³/mol. The van der Waals surface area contributed by atoms with Gasteiger partial charge in [0.1, 0.15) is 0 Å². The molecule has 21 heavy (non-hydrogen) atoms. The molecule has 1 aliphatic carbocycles. The summed E-state index contributed by atoms with van der Waals surface area (Å²) in [5, 5.41) is 3.49. The molecule has 1 saturated carbocycles. The fraction of sp³-hybridized carbons (Fsp3) is 0.667. The van der Waals surface area contributed by atoms with E-state index in [9.17, 15) is 0 Å². The normalized spacial score (nSPS) is 20.2. The Labute approximate surface area is 135 Å². The third kappa shape index (κ3) is 4.98. The van der Waals surface area contributed by atoms with Crippen molar-refractivity contribution in [2.45, 2.75) is 45.1 Å². The standard InChI is InChI=1S/C18H28N2.ClH/c1-2-19-13-15-8-10-20(11-9-15)14-16-4-3-5-18(12-16)17-6-7-17;/h3-5,12,15,17,19H,2,6-11,13-14H2,1H3;1H. The summed E-state index contributed by atoms with van der Waals surface area (Å²) >= 11 is 0. The van der Waals surface area contributed by atoms with E-state index < -0.39 is 0 Å². The number of likely N-dealkylation sites (tertiary alicyclic amines) is 1. The molecule has 1 N–H and O–H groups in total. The highest BCUT2D eigenvalue weighted by Gasteiger charge is 2.24. The molecule has 3 rings (SSSR count). The third-order valence-corrected chi connectivity index (χ3v) is 4.80. The minimum absolute atomic E-state index is 0. The Morgan fingerprint density at radius 3 is 2.57 bits per heavy atom. The van der Waals surface area contributed by atoms with Crippen LogP contribution in [0.15, 0.2) is 24.3 Å². The molecule has 0 amide bonds. The van der Waals surface area contributed by atoms with Crippen LogP contribution in [0.1, 0.15) is 49.7 Å². The molecule has 0 unspecified atom stereocenters. The molecule has 0 bridgehead atoms. The largest absolute Gasteiger partial charge is 0.317 e. The van der Waals surface area contributed by atoms with Crippen LogP contribution in [0.3, 0.4) is 0 Å². The van der Waals surface area contributed by atoms with E-state index in [0.717, 1.165) is 24.9 Å². The topological polar surface area (TPSA) is 15.3 Å². The molecule has 1 saturated heterocycles. The average molecular weight is 309 g/mol. The maximum Gasteiger partial charge on any atom is 0.0233 e. The molecule has 1 aromatic rings. The van der Waals surface area contributed by atoms with Crippen molar-refractivity contribution in [1.82, 2.24) is 10.2 Å². The van der Waals surface area contributed by atoms with Crippen molar-refractivity contribution >= 4 is 12.4 Å². The van der Waals surface area contributed by atoms with Gasteiger partial charge in [-0.2, -0.15) is 0 Å². The molecule has 0 radical (unpaired) electrons. The Bertz CT molecular complexity index is 423. The SMILES string of the molecule is CCNCC1CCN(Cc2cccc(C3CC3)c2)CC1.Cl. The Morgan fingerprint density at radius 1 is 1.14 bits per heavy atom. The summed E-state index contributed by atoms with van der Waals surface area (Å²) in [6.07, 6.45) is 5.52. The van der Waals surface area contributed by atoms with Crippen molar-refractivity contribution in [2.75, 3.05) is 26.2 Å². The summed E-state index contributed by atoms with van der Waals surface area (Å²) in [6, 6.07) is 9.31. The first-order valence-corrected chi connectivity index (χ1v) is 8.37. The molecular formula is C18H29ClN2. The van der Waals surface area contributed by atoms with Crippen LogP contribution in [-0.4, -0.2) is 31.1 Å². The first-order chi connectivity index (χ1) is 9.85. The zero-order valence-corrected chi connectivity index (χ0v) is 14.0. The minimum atomic E-state index is 0. The zero-order chi connectivity index (χ0) is 13.8. The number of rotatable bonds is 6. The number of halogens is 1. The lowest BCUT2D eigenvalue weighted by Crippen LogP contribution is -2.36. The quantitative estimate of drug-likeness (QED) is 0.860. The number of hydrogen-bond donors (Lipinski definition) is 1. The summed E-state index contributed by atoms with van der Waals surface area (Å²) < 4.78 is 0. The fourth-order valence-electron chi connectivity index (χ4n) is 3.32. The van der Waals surface area contributed by atoms with Crippen LogP contribution in [0.5, 0.6) is 0 Å². The molecule has 0 atom stereocenters. The van der Waals surface area contributed by atoms with Crippen molar-refractivity contribution in [3.63, 3.8) is 0 Å². The maximum atomic E-state index is 3.49. The van der Waals surface area contributed by atoms with Crippen molar-refractivity contribution < 1.29 is 0 Å². The molecule has 2 aliphatic rings. The van der Waals surface area contributed by atoms with Gasteiger partial charge in [-0.15, -0.1) is 12.4 Å². The van der Waals surface area contributed by atoms with Gasteiger partial charge in [-0.25, -0.2) is 0 Å². The van der Waals surface area contributed by atoms with Crippen molar-refractivity contribution in [1.29, 1.82) is 0 Å².